The summed E-state index contributed by atoms with van der Waals surface area (Å²) in [4.78, 5) is 13.0. The van der Waals surface area contributed by atoms with Gasteiger partial charge < -0.3 is 25.3 Å². The van der Waals surface area contributed by atoms with Crippen LogP contribution in [0.25, 0.3) is 0 Å². The molecule has 1 aromatic carbocycles. The summed E-state index contributed by atoms with van der Waals surface area (Å²) >= 11 is 1.45. The molecular weight excluding hydrogens is 316 g/mol. The number of aryl methyl sites for hydroxylation is 1. The largest absolute Gasteiger partial charge is 0.454 e. The molecule has 1 aliphatic rings. The Morgan fingerprint density at radius 2 is 2.17 bits per heavy atom. The van der Waals surface area contributed by atoms with E-state index in [1.807, 2.05) is 24.3 Å². The Morgan fingerprint density at radius 3 is 3.00 bits per heavy atom. The molecule has 1 aliphatic heterocycles. The predicted octanol–water partition coefficient (Wildman–Crippen LogP) is 3.30. The van der Waals surface area contributed by atoms with Crippen LogP contribution in [0.4, 0.5) is 9.80 Å². The molecule has 1 amide bonds. The van der Waals surface area contributed by atoms with Crippen molar-refractivity contribution < 1.29 is 19.0 Å². The van der Waals surface area contributed by atoms with Crippen molar-refractivity contribution in [3.05, 3.63) is 34.7 Å². The van der Waals surface area contributed by atoms with Gasteiger partial charge in [0.15, 0.2) is 17.2 Å². The van der Waals surface area contributed by atoms with Gasteiger partial charge in [-0.25, -0.2) is 4.79 Å². The van der Waals surface area contributed by atoms with Gasteiger partial charge in [-0.05, 0) is 30.2 Å². The SMILES string of the molecule is CCCc1cc(OC(=O)NCc2ccc3c(c2)OCO3)c(N)s1. The molecule has 6 nitrogen and oxygen atoms in total. The summed E-state index contributed by atoms with van der Waals surface area (Å²) in [5, 5.41) is 3.22. The fourth-order valence-electron chi connectivity index (χ4n) is 2.25. The van der Waals surface area contributed by atoms with Crippen LogP contribution in [0.3, 0.4) is 0 Å². The first-order valence-electron chi connectivity index (χ1n) is 7.38. The van der Waals surface area contributed by atoms with Crippen molar-refractivity contribution in [3.8, 4) is 17.2 Å². The number of hydrogen-bond acceptors (Lipinski definition) is 6. The van der Waals surface area contributed by atoms with Crippen molar-refractivity contribution in [2.45, 2.75) is 26.3 Å². The van der Waals surface area contributed by atoms with Crippen molar-refractivity contribution in [1.82, 2.24) is 5.32 Å². The van der Waals surface area contributed by atoms with E-state index < -0.39 is 6.09 Å². The van der Waals surface area contributed by atoms with Gasteiger partial charge >= 0.3 is 6.09 Å². The van der Waals surface area contributed by atoms with Crippen LogP contribution in [0.15, 0.2) is 24.3 Å². The number of carbonyl (C=O) groups excluding carboxylic acids is 1. The summed E-state index contributed by atoms with van der Waals surface area (Å²) in [6, 6.07) is 7.34. The molecule has 0 radical (unpaired) electrons. The Morgan fingerprint density at radius 1 is 1.35 bits per heavy atom. The number of amides is 1. The molecule has 0 unspecified atom stereocenters. The molecule has 0 fully saturated rings. The summed E-state index contributed by atoms with van der Waals surface area (Å²) < 4.78 is 15.8. The van der Waals surface area contributed by atoms with Crippen molar-refractivity contribution in [2.24, 2.45) is 0 Å². The standard InChI is InChI=1S/C16H18N2O4S/c1-2-3-11-7-14(15(17)23-11)22-16(19)18-8-10-4-5-12-13(6-10)21-9-20-12/h4-7H,2-3,8-9,17H2,1H3,(H,18,19). The fourth-order valence-corrected chi connectivity index (χ4v) is 3.20. The maximum Gasteiger partial charge on any atom is 0.412 e. The van der Waals surface area contributed by atoms with Crippen LogP contribution in [-0.4, -0.2) is 12.9 Å². The molecule has 7 heteroatoms. The lowest BCUT2D eigenvalue weighted by atomic mass is 10.2. The molecule has 0 bridgehead atoms. The van der Waals surface area contributed by atoms with Crippen LogP contribution in [0, 0.1) is 0 Å². The lowest BCUT2D eigenvalue weighted by Gasteiger charge is -2.06. The molecular formula is C16H18N2O4S. The predicted molar refractivity (Wildman–Crippen MR) is 88.2 cm³/mol. The van der Waals surface area contributed by atoms with E-state index in [4.69, 9.17) is 19.9 Å². The molecule has 0 aliphatic carbocycles. The van der Waals surface area contributed by atoms with Crippen LogP contribution in [0.1, 0.15) is 23.8 Å². The number of hydrogen-bond donors (Lipinski definition) is 2. The fraction of sp³-hybridized carbons (Fsp3) is 0.312. The Balaban J connectivity index is 1.55. The van der Waals surface area contributed by atoms with Gasteiger partial charge in [0, 0.05) is 11.4 Å². The van der Waals surface area contributed by atoms with Gasteiger partial charge in [-0.3, -0.25) is 0 Å². The van der Waals surface area contributed by atoms with E-state index in [0.717, 1.165) is 23.3 Å². The van der Waals surface area contributed by atoms with Gasteiger partial charge in [-0.15, -0.1) is 11.3 Å². The summed E-state index contributed by atoms with van der Waals surface area (Å²) in [6.07, 6.45) is 1.42. The van der Waals surface area contributed by atoms with Gasteiger partial charge in [0.1, 0.15) is 5.00 Å². The number of anilines is 1. The lowest BCUT2D eigenvalue weighted by Crippen LogP contribution is -2.26. The second-order valence-electron chi connectivity index (χ2n) is 5.12. The van der Waals surface area contributed by atoms with Crippen molar-refractivity contribution in [1.29, 1.82) is 0 Å². The maximum atomic E-state index is 11.9. The van der Waals surface area contributed by atoms with Crippen LogP contribution >= 0.6 is 11.3 Å². The normalized spacial score (nSPS) is 12.2. The van der Waals surface area contributed by atoms with Crippen LogP contribution in [0.2, 0.25) is 0 Å². The molecule has 0 spiro atoms. The molecule has 0 saturated carbocycles. The minimum Gasteiger partial charge on any atom is -0.454 e. The molecule has 122 valence electrons. The Bertz CT molecular complexity index is 714. The van der Waals surface area contributed by atoms with Crippen LogP contribution in [-0.2, 0) is 13.0 Å². The maximum absolute atomic E-state index is 11.9. The molecule has 3 rings (SSSR count). The van der Waals surface area contributed by atoms with Crippen molar-refractivity contribution >= 4 is 22.4 Å². The third kappa shape index (κ3) is 3.68. The van der Waals surface area contributed by atoms with Gasteiger partial charge in [-0.1, -0.05) is 19.4 Å². The van der Waals surface area contributed by atoms with E-state index in [1.54, 1.807) is 0 Å². The summed E-state index contributed by atoms with van der Waals surface area (Å²) in [7, 11) is 0. The average molecular weight is 334 g/mol. The van der Waals surface area contributed by atoms with E-state index in [-0.39, 0.29) is 6.79 Å². The van der Waals surface area contributed by atoms with E-state index >= 15 is 0 Å². The number of carbonyl (C=O) groups is 1. The Kier molecular flexibility index (Phi) is 4.57. The second kappa shape index (κ2) is 6.78. The molecule has 2 heterocycles. The van der Waals surface area contributed by atoms with Crippen molar-refractivity contribution in [3.63, 3.8) is 0 Å². The molecule has 0 saturated heterocycles. The molecule has 1 aromatic heterocycles. The summed E-state index contributed by atoms with van der Waals surface area (Å²) in [5.41, 5.74) is 6.77. The zero-order valence-corrected chi connectivity index (χ0v) is 13.6. The quantitative estimate of drug-likeness (QED) is 0.876. The summed E-state index contributed by atoms with van der Waals surface area (Å²) in [5.74, 6) is 1.82. The molecule has 3 N–H and O–H groups in total. The monoisotopic (exact) mass is 334 g/mol. The molecule has 2 aromatic rings. The number of nitrogen functional groups attached to an aromatic ring is 1. The van der Waals surface area contributed by atoms with Gasteiger partial charge in [0.2, 0.25) is 6.79 Å². The first kappa shape index (κ1) is 15.5. The number of rotatable bonds is 5. The zero-order valence-electron chi connectivity index (χ0n) is 12.8. The summed E-state index contributed by atoms with van der Waals surface area (Å²) in [6.45, 7) is 2.65. The highest BCUT2D eigenvalue weighted by molar-refractivity contribution is 7.16. The number of fused-ring (bicyclic) bond motifs is 1. The van der Waals surface area contributed by atoms with E-state index in [1.165, 1.54) is 11.3 Å². The highest BCUT2D eigenvalue weighted by Crippen LogP contribution is 2.33. The third-order valence-electron chi connectivity index (χ3n) is 3.35. The Labute approximate surface area is 138 Å². The zero-order chi connectivity index (χ0) is 16.2. The van der Waals surface area contributed by atoms with Crippen LogP contribution in [0.5, 0.6) is 17.2 Å². The van der Waals surface area contributed by atoms with E-state index in [0.29, 0.717) is 28.8 Å². The van der Waals surface area contributed by atoms with E-state index in [2.05, 4.69) is 12.2 Å². The highest BCUT2D eigenvalue weighted by Gasteiger charge is 2.14. The van der Waals surface area contributed by atoms with Crippen molar-refractivity contribution in [2.75, 3.05) is 12.5 Å². The molecule has 0 atom stereocenters. The van der Waals surface area contributed by atoms with Gasteiger partial charge in [-0.2, -0.15) is 0 Å². The molecule has 23 heavy (non-hydrogen) atoms. The first-order chi connectivity index (χ1) is 11.2. The second-order valence-corrected chi connectivity index (χ2v) is 6.29. The number of nitrogens with two attached hydrogens (primary N) is 1. The van der Waals surface area contributed by atoms with E-state index in [9.17, 15) is 4.79 Å². The first-order valence-corrected chi connectivity index (χ1v) is 8.19. The minimum atomic E-state index is -0.532. The van der Waals surface area contributed by atoms with Gasteiger partial charge in [0.05, 0.1) is 0 Å². The number of nitrogens with one attached hydrogen (secondary N) is 1. The minimum absolute atomic E-state index is 0.228. The lowest BCUT2D eigenvalue weighted by molar-refractivity contribution is 0.174. The highest BCUT2D eigenvalue weighted by atomic mass is 32.1. The number of ether oxygens (including phenoxy) is 3. The van der Waals surface area contributed by atoms with Crippen LogP contribution < -0.4 is 25.3 Å². The Hall–Kier alpha value is -2.41. The number of thiophene rings is 1. The third-order valence-corrected chi connectivity index (χ3v) is 4.35. The average Bonchev–Trinajstić information content (AvgIpc) is 3.12. The smallest absolute Gasteiger partial charge is 0.412 e. The number of benzene rings is 1. The topological polar surface area (TPSA) is 82.8 Å². The van der Waals surface area contributed by atoms with Gasteiger partial charge in [0.25, 0.3) is 0 Å².